The maximum atomic E-state index is 5.76. The predicted molar refractivity (Wildman–Crippen MR) is 90.4 cm³/mol. The van der Waals surface area contributed by atoms with Crippen LogP contribution in [0.1, 0.15) is 24.4 Å². The summed E-state index contributed by atoms with van der Waals surface area (Å²) >= 11 is 0. The standard InChI is InChI=1S/C19H24N2O/c1-22-17-9-8-14-4-2-3-5-16(14)18(17)19(15-6-7-15)21-12-10-20-11-13-21/h2-5,8-9,15,19-20H,6-7,10-13H2,1H3/t19-/m0/s1. The van der Waals surface area contributed by atoms with E-state index in [9.17, 15) is 0 Å². The van der Waals surface area contributed by atoms with Crippen LogP contribution in [0.4, 0.5) is 0 Å². The Hall–Kier alpha value is -1.58. The first-order valence-electron chi connectivity index (χ1n) is 8.39. The Morgan fingerprint density at radius 2 is 1.86 bits per heavy atom. The van der Waals surface area contributed by atoms with Crippen molar-refractivity contribution in [1.82, 2.24) is 10.2 Å². The largest absolute Gasteiger partial charge is 0.496 e. The zero-order valence-corrected chi connectivity index (χ0v) is 13.2. The van der Waals surface area contributed by atoms with E-state index in [0.29, 0.717) is 6.04 Å². The molecule has 1 saturated heterocycles. The molecular formula is C19H24N2O. The number of hydrogen-bond donors (Lipinski definition) is 1. The molecule has 1 aliphatic heterocycles. The van der Waals surface area contributed by atoms with Gasteiger partial charge in [0, 0.05) is 37.8 Å². The van der Waals surface area contributed by atoms with Crippen molar-refractivity contribution in [3.05, 3.63) is 42.0 Å². The average molecular weight is 296 g/mol. The molecule has 1 N–H and O–H groups in total. The topological polar surface area (TPSA) is 24.5 Å². The van der Waals surface area contributed by atoms with Gasteiger partial charge in [0.1, 0.15) is 5.75 Å². The monoisotopic (exact) mass is 296 g/mol. The molecule has 0 spiro atoms. The smallest absolute Gasteiger partial charge is 0.124 e. The van der Waals surface area contributed by atoms with E-state index in [1.807, 2.05) is 0 Å². The summed E-state index contributed by atoms with van der Waals surface area (Å²) in [6.45, 7) is 4.45. The molecule has 2 fully saturated rings. The lowest BCUT2D eigenvalue weighted by Gasteiger charge is -2.36. The third kappa shape index (κ3) is 2.49. The Bertz CT molecular complexity index is 660. The van der Waals surface area contributed by atoms with Crippen molar-refractivity contribution >= 4 is 10.8 Å². The Balaban J connectivity index is 1.85. The normalized spacial score (nSPS) is 21.0. The van der Waals surface area contributed by atoms with Crippen LogP contribution < -0.4 is 10.1 Å². The first kappa shape index (κ1) is 14.0. The number of nitrogens with zero attached hydrogens (tertiary/aromatic N) is 1. The molecule has 2 aromatic rings. The van der Waals surface area contributed by atoms with Gasteiger partial charge in [0.25, 0.3) is 0 Å². The summed E-state index contributed by atoms with van der Waals surface area (Å²) in [5.74, 6) is 1.84. The molecule has 2 aromatic carbocycles. The van der Waals surface area contributed by atoms with Crippen LogP contribution >= 0.6 is 0 Å². The van der Waals surface area contributed by atoms with Crippen LogP contribution in [0.5, 0.6) is 5.75 Å². The number of ether oxygens (including phenoxy) is 1. The molecule has 2 aliphatic rings. The Morgan fingerprint density at radius 3 is 2.59 bits per heavy atom. The molecule has 0 bridgehead atoms. The lowest BCUT2D eigenvalue weighted by atomic mass is 9.93. The van der Waals surface area contributed by atoms with Gasteiger partial charge in [-0.25, -0.2) is 0 Å². The third-order valence-corrected chi connectivity index (χ3v) is 5.06. The second-order valence-electron chi connectivity index (χ2n) is 6.47. The molecule has 0 radical (unpaired) electrons. The third-order valence-electron chi connectivity index (χ3n) is 5.06. The van der Waals surface area contributed by atoms with Crippen LogP contribution in [0.15, 0.2) is 36.4 Å². The molecular weight excluding hydrogens is 272 g/mol. The van der Waals surface area contributed by atoms with Crippen LogP contribution in [0.25, 0.3) is 10.8 Å². The van der Waals surface area contributed by atoms with Gasteiger partial charge in [-0.3, -0.25) is 4.90 Å². The molecule has 1 aliphatic carbocycles. The average Bonchev–Trinajstić information content (AvgIpc) is 3.41. The summed E-state index contributed by atoms with van der Waals surface area (Å²) in [7, 11) is 1.80. The van der Waals surface area contributed by atoms with Gasteiger partial charge in [-0.15, -0.1) is 0 Å². The fraction of sp³-hybridized carbons (Fsp3) is 0.474. The van der Waals surface area contributed by atoms with Gasteiger partial charge in [0.2, 0.25) is 0 Å². The van der Waals surface area contributed by atoms with Crippen LogP contribution in [0.2, 0.25) is 0 Å². The van der Waals surface area contributed by atoms with Crippen LogP contribution in [0, 0.1) is 5.92 Å². The van der Waals surface area contributed by atoms with Gasteiger partial charge < -0.3 is 10.1 Å². The lowest BCUT2D eigenvalue weighted by Crippen LogP contribution is -2.45. The molecule has 1 atom stereocenters. The minimum Gasteiger partial charge on any atom is -0.496 e. The highest BCUT2D eigenvalue weighted by atomic mass is 16.5. The highest BCUT2D eigenvalue weighted by molar-refractivity contribution is 5.88. The van der Waals surface area contributed by atoms with E-state index in [1.165, 1.54) is 29.2 Å². The summed E-state index contributed by atoms with van der Waals surface area (Å²) in [5, 5.41) is 6.15. The number of hydrogen-bond acceptors (Lipinski definition) is 3. The van der Waals surface area contributed by atoms with Gasteiger partial charge in [0.05, 0.1) is 7.11 Å². The number of fused-ring (bicyclic) bond motifs is 1. The SMILES string of the molecule is COc1ccc2ccccc2c1[C@H](C1CC1)N1CCNCC1. The molecule has 0 amide bonds. The number of piperazine rings is 1. The molecule has 116 valence electrons. The van der Waals surface area contributed by atoms with Crippen molar-refractivity contribution in [3.63, 3.8) is 0 Å². The van der Waals surface area contributed by atoms with Gasteiger partial charge >= 0.3 is 0 Å². The number of nitrogens with one attached hydrogen (secondary N) is 1. The molecule has 0 aromatic heterocycles. The van der Waals surface area contributed by atoms with Crippen molar-refractivity contribution in [2.75, 3.05) is 33.3 Å². The fourth-order valence-corrected chi connectivity index (χ4v) is 3.85. The summed E-state index contributed by atoms with van der Waals surface area (Å²) in [6, 6.07) is 13.6. The Kier molecular flexibility index (Phi) is 3.77. The fourth-order valence-electron chi connectivity index (χ4n) is 3.85. The molecule has 0 unspecified atom stereocenters. The van der Waals surface area contributed by atoms with Crippen molar-refractivity contribution in [1.29, 1.82) is 0 Å². The van der Waals surface area contributed by atoms with E-state index in [-0.39, 0.29) is 0 Å². The van der Waals surface area contributed by atoms with E-state index < -0.39 is 0 Å². The van der Waals surface area contributed by atoms with Gasteiger partial charge in [-0.2, -0.15) is 0 Å². The second-order valence-corrected chi connectivity index (χ2v) is 6.47. The van der Waals surface area contributed by atoms with Gasteiger partial charge in [-0.05, 0) is 35.6 Å². The van der Waals surface area contributed by atoms with E-state index in [2.05, 4.69) is 46.6 Å². The van der Waals surface area contributed by atoms with Gasteiger partial charge in [-0.1, -0.05) is 30.3 Å². The second kappa shape index (κ2) is 5.90. The number of benzene rings is 2. The first-order chi connectivity index (χ1) is 10.9. The zero-order chi connectivity index (χ0) is 14.9. The Labute approximate surface area is 132 Å². The predicted octanol–water partition coefficient (Wildman–Crippen LogP) is 3.20. The molecule has 3 heteroatoms. The van der Waals surface area contributed by atoms with E-state index in [1.54, 1.807) is 7.11 Å². The zero-order valence-electron chi connectivity index (χ0n) is 13.2. The maximum Gasteiger partial charge on any atom is 0.124 e. The summed E-state index contributed by atoms with van der Waals surface area (Å²) < 4.78 is 5.76. The summed E-state index contributed by atoms with van der Waals surface area (Å²) in [6.07, 6.45) is 2.70. The summed E-state index contributed by atoms with van der Waals surface area (Å²) in [5.41, 5.74) is 1.41. The van der Waals surface area contributed by atoms with Crippen LogP contribution in [-0.4, -0.2) is 38.2 Å². The van der Waals surface area contributed by atoms with Crippen molar-refractivity contribution in [2.24, 2.45) is 5.92 Å². The highest BCUT2D eigenvalue weighted by Crippen LogP contribution is 2.49. The minimum absolute atomic E-state index is 0.503. The van der Waals surface area contributed by atoms with Crippen LogP contribution in [-0.2, 0) is 0 Å². The number of rotatable bonds is 4. The van der Waals surface area contributed by atoms with E-state index >= 15 is 0 Å². The number of methoxy groups -OCH3 is 1. The molecule has 22 heavy (non-hydrogen) atoms. The van der Waals surface area contributed by atoms with Crippen LogP contribution in [0.3, 0.4) is 0 Å². The molecule has 3 nitrogen and oxygen atoms in total. The minimum atomic E-state index is 0.503. The lowest BCUT2D eigenvalue weighted by molar-refractivity contribution is 0.154. The molecule has 1 heterocycles. The van der Waals surface area contributed by atoms with Crippen molar-refractivity contribution in [3.8, 4) is 5.75 Å². The Morgan fingerprint density at radius 1 is 1.09 bits per heavy atom. The quantitative estimate of drug-likeness (QED) is 0.937. The molecule has 4 rings (SSSR count). The van der Waals surface area contributed by atoms with Crippen molar-refractivity contribution in [2.45, 2.75) is 18.9 Å². The van der Waals surface area contributed by atoms with E-state index in [0.717, 1.165) is 37.8 Å². The van der Waals surface area contributed by atoms with Crippen molar-refractivity contribution < 1.29 is 4.74 Å². The van der Waals surface area contributed by atoms with Gasteiger partial charge in [0.15, 0.2) is 0 Å². The molecule has 1 saturated carbocycles. The maximum absolute atomic E-state index is 5.76. The van der Waals surface area contributed by atoms with E-state index in [4.69, 9.17) is 4.74 Å². The highest BCUT2D eigenvalue weighted by Gasteiger charge is 2.39. The first-order valence-corrected chi connectivity index (χ1v) is 8.39. The summed E-state index contributed by atoms with van der Waals surface area (Å²) in [4.78, 5) is 2.67.